The van der Waals surface area contributed by atoms with Gasteiger partial charge >= 0.3 is 0 Å². The fraction of sp³-hybridized carbons (Fsp3) is 0.474. The number of rotatable bonds is 7. The summed E-state index contributed by atoms with van der Waals surface area (Å²) in [4.78, 5) is 14.1. The SMILES string of the molecule is CN(CCCc1cc(-c2ccccc2)no1)C(=O)CC1CSCCN1. The van der Waals surface area contributed by atoms with Gasteiger partial charge in [-0.25, -0.2) is 0 Å². The second-order valence-electron chi connectivity index (χ2n) is 6.39. The highest BCUT2D eigenvalue weighted by atomic mass is 32.2. The van der Waals surface area contributed by atoms with Gasteiger partial charge in [0.2, 0.25) is 5.91 Å². The van der Waals surface area contributed by atoms with E-state index < -0.39 is 0 Å². The normalized spacial score (nSPS) is 17.4. The molecule has 1 unspecified atom stereocenters. The van der Waals surface area contributed by atoms with Gasteiger partial charge in [-0.2, -0.15) is 11.8 Å². The minimum Gasteiger partial charge on any atom is -0.361 e. The van der Waals surface area contributed by atoms with E-state index >= 15 is 0 Å². The maximum absolute atomic E-state index is 12.3. The van der Waals surface area contributed by atoms with Crippen LogP contribution in [-0.2, 0) is 11.2 Å². The first-order valence-corrected chi connectivity index (χ1v) is 9.94. The number of thioether (sulfide) groups is 1. The number of nitrogens with zero attached hydrogens (tertiary/aromatic N) is 2. The van der Waals surface area contributed by atoms with E-state index in [1.807, 2.05) is 60.1 Å². The van der Waals surface area contributed by atoms with Gasteiger partial charge in [0, 0.05) is 62.2 Å². The number of amides is 1. The Balaban J connectivity index is 1.41. The van der Waals surface area contributed by atoms with Crippen molar-refractivity contribution >= 4 is 17.7 Å². The van der Waals surface area contributed by atoms with Gasteiger partial charge in [0.1, 0.15) is 11.5 Å². The fourth-order valence-corrected chi connectivity index (χ4v) is 3.86. The summed E-state index contributed by atoms with van der Waals surface area (Å²) in [6, 6.07) is 12.3. The fourth-order valence-electron chi connectivity index (χ4n) is 2.91. The molecule has 1 aliphatic rings. The predicted molar refractivity (Wildman–Crippen MR) is 102 cm³/mol. The monoisotopic (exact) mass is 359 g/mol. The second kappa shape index (κ2) is 9.06. The van der Waals surface area contributed by atoms with Crippen molar-refractivity contribution in [1.82, 2.24) is 15.4 Å². The molecule has 1 amide bonds. The van der Waals surface area contributed by atoms with Crippen LogP contribution in [0.15, 0.2) is 40.9 Å². The van der Waals surface area contributed by atoms with Crippen LogP contribution in [0.1, 0.15) is 18.6 Å². The van der Waals surface area contributed by atoms with Gasteiger partial charge < -0.3 is 14.7 Å². The highest BCUT2D eigenvalue weighted by Crippen LogP contribution is 2.19. The van der Waals surface area contributed by atoms with Crippen LogP contribution in [-0.4, -0.2) is 53.6 Å². The van der Waals surface area contributed by atoms with E-state index in [9.17, 15) is 4.79 Å². The number of benzene rings is 1. The molecule has 1 fully saturated rings. The molecule has 1 atom stereocenters. The first-order chi connectivity index (χ1) is 12.2. The van der Waals surface area contributed by atoms with Crippen molar-refractivity contribution in [3.05, 3.63) is 42.2 Å². The Hall–Kier alpha value is -1.79. The molecule has 0 radical (unpaired) electrons. The van der Waals surface area contributed by atoms with Crippen molar-refractivity contribution in [1.29, 1.82) is 0 Å². The molecule has 1 N–H and O–H groups in total. The number of carbonyl (C=O) groups excluding carboxylic acids is 1. The van der Waals surface area contributed by atoms with E-state index in [0.29, 0.717) is 12.5 Å². The first kappa shape index (κ1) is 18.0. The van der Waals surface area contributed by atoms with Crippen molar-refractivity contribution in [2.24, 2.45) is 0 Å². The molecule has 6 heteroatoms. The molecule has 1 aliphatic heterocycles. The number of nitrogens with one attached hydrogen (secondary N) is 1. The van der Waals surface area contributed by atoms with Crippen LogP contribution in [0.5, 0.6) is 0 Å². The van der Waals surface area contributed by atoms with Crippen LogP contribution in [0.25, 0.3) is 11.3 Å². The number of aromatic nitrogens is 1. The lowest BCUT2D eigenvalue weighted by Gasteiger charge is -2.25. The Labute approximate surface area is 153 Å². The molecular weight excluding hydrogens is 334 g/mol. The van der Waals surface area contributed by atoms with Crippen LogP contribution in [0, 0.1) is 0 Å². The highest BCUT2D eigenvalue weighted by Gasteiger charge is 2.19. The number of hydrogen-bond acceptors (Lipinski definition) is 5. The van der Waals surface area contributed by atoms with E-state index in [1.165, 1.54) is 0 Å². The van der Waals surface area contributed by atoms with Gasteiger partial charge in [-0.1, -0.05) is 35.5 Å². The van der Waals surface area contributed by atoms with E-state index in [0.717, 1.165) is 54.5 Å². The Morgan fingerprint density at radius 3 is 3.00 bits per heavy atom. The summed E-state index contributed by atoms with van der Waals surface area (Å²) in [6.45, 7) is 1.74. The van der Waals surface area contributed by atoms with Crippen LogP contribution >= 0.6 is 11.8 Å². The zero-order chi connectivity index (χ0) is 17.5. The number of aryl methyl sites for hydroxylation is 1. The summed E-state index contributed by atoms with van der Waals surface area (Å²) in [7, 11) is 1.88. The van der Waals surface area contributed by atoms with Crippen molar-refractivity contribution in [2.75, 3.05) is 31.6 Å². The van der Waals surface area contributed by atoms with Gasteiger partial charge in [0.05, 0.1) is 0 Å². The summed E-state index contributed by atoms with van der Waals surface area (Å²) in [5, 5.41) is 7.54. The van der Waals surface area contributed by atoms with Crippen LogP contribution in [0.3, 0.4) is 0 Å². The van der Waals surface area contributed by atoms with Gasteiger partial charge in [0.25, 0.3) is 0 Å². The molecule has 5 nitrogen and oxygen atoms in total. The van der Waals surface area contributed by atoms with Crippen molar-refractivity contribution in [2.45, 2.75) is 25.3 Å². The summed E-state index contributed by atoms with van der Waals surface area (Å²) >= 11 is 1.92. The van der Waals surface area contributed by atoms with E-state index in [2.05, 4.69) is 10.5 Å². The second-order valence-corrected chi connectivity index (χ2v) is 7.54. The van der Waals surface area contributed by atoms with Crippen LogP contribution in [0.4, 0.5) is 0 Å². The molecular formula is C19H25N3O2S. The molecule has 2 aromatic rings. The molecule has 134 valence electrons. The molecule has 0 spiro atoms. The lowest BCUT2D eigenvalue weighted by atomic mass is 10.1. The van der Waals surface area contributed by atoms with Crippen molar-refractivity contribution in [3.8, 4) is 11.3 Å². The van der Waals surface area contributed by atoms with Gasteiger partial charge in [-0.05, 0) is 6.42 Å². The number of carbonyl (C=O) groups is 1. The minimum absolute atomic E-state index is 0.211. The van der Waals surface area contributed by atoms with Crippen LogP contribution in [0.2, 0.25) is 0 Å². The largest absolute Gasteiger partial charge is 0.361 e. The lowest BCUT2D eigenvalue weighted by Crippen LogP contribution is -2.42. The van der Waals surface area contributed by atoms with E-state index in [1.54, 1.807) is 0 Å². The van der Waals surface area contributed by atoms with Gasteiger partial charge in [-0.3, -0.25) is 4.79 Å². The Bertz CT molecular complexity index is 668. The molecule has 1 aromatic carbocycles. The molecule has 1 aromatic heterocycles. The van der Waals surface area contributed by atoms with Gasteiger partial charge in [0.15, 0.2) is 0 Å². The quantitative estimate of drug-likeness (QED) is 0.824. The lowest BCUT2D eigenvalue weighted by molar-refractivity contribution is -0.130. The third-order valence-electron chi connectivity index (χ3n) is 4.39. The smallest absolute Gasteiger partial charge is 0.223 e. The Morgan fingerprint density at radius 1 is 1.40 bits per heavy atom. The van der Waals surface area contributed by atoms with Crippen molar-refractivity contribution in [3.63, 3.8) is 0 Å². The summed E-state index contributed by atoms with van der Waals surface area (Å²) in [5.41, 5.74) is 1.92. The highest BCUT2D eigenvalue weighted by molar-refractivity contribution is 7.99. The molecule has 1 saturated heterocycles. The maximum Gasteiger partial charge on any atom is 0.223 e. The van der Waals surface area contributed by atoms with E-state index in [4.69, 9.17) is 4.52 Å². The predicted octanol–water partition coefficient (Wildman–Crippen LogP) is 2.83. The first-order valence-electron chi connectivity index (χ1n) is 8.78. The Kier molecular flexibility index (Phi) is 6.53. The topological polar surface area (TPSA) is 58.4 Å². The van der Waals surface area contributed by atoms with Gasteiger partial charge in [-0.15, -0.1) is 0 Å². The Morgan fingerprint density at radius 2 is 2.24 bits per heavy atom. The summed E-state index contributed by atoms with van der Waals surface area (Å²) < 4.78 is 5.42. The minimum atomic E-state index is 0.211. The summed E-state index contributed by atoms with van der Waals surface area (Å²) in [6.07, 6.45) is 2.25. The number of hydrogen-bond donors (Lipinski definition) is 1. The molecule has 0 saturated carbocycles. The molecule has 0 aliphatic carbocycles. The van der Waals surface area contributed by atoms with E-state index in [-0.39, 0.29) is 5.91 Å². The molecule has 2 heterocycles. The molecule has 0 bridgehead atoms. The molecule has 3 rings (SSSR count). The maximum atomic E-state index is 12.3. The molecule has 25 heavy (non-hydrogen) atoms. The average molecular weight is 359 g/mol. The average Bonchev–Trinajstić information content (AvgIpc) is 3.12. The van der Waals surface area contributed by atoms with Crippen molar-refractivity contribution < 1.29 is 9.32 Å². The van der Waals surface area contributed by atoms with Crippen LogP contribution < -0.4 is 5.32 Å². The standard InChI is InChI=1S/C19H25N3O2S/c1-22(19(23)12-16-14-25-11-9-20-16)10-5-8-17-13-18(21-24-17)15-6-3-2-4-7-15/h2-4,6-7,13,16,20H,5,8-12,14H2,1H3. The zero-order valence-electron chi connectivity index (χ0n) is 14.6. The third-order valence-corrected chi connectivity index (χ3v) is 5.52. The third kappa shape index (κ3) is 5.34. The zero-order valence-corrected chi connectivity index (χ0v) is 15.4. The summed E-state index contributed by atoms with van der Waals surface area (Å²) in [5.74, 6) is 3.25.